The van der Waals surface area contributed by atoms with Gasteiger partial charge in [-0.2, -0.15) is 0 Å². The number of hydrogen-bond donors (Lipinski definition) is 2. The molecule has 0 aliphatic heterocycles. The fourth-order valence-corrected chi connectivity index (χ4v) is 5.88. The number of amides is 1. The number of quaternary nitrogens is 1. The molecule has 0 saturated carbocycles. The van der Waals surface area contributed by atoms with E-state index in [1.165, 1.54) is 96.3 Å². The first-order valence-electron chi connectivity index (χ1n) is 17.9. The van der Waals surface area contributed by atoms with E-state index < -0.39 is 20.0 Å². The molecule has 0 radical (unpaired) electrons. The quantitative estimate of drug-likeness (QED) is 0.0440. The van der Waals surface area contributed by atoms with Crippen molar-refractivity contribution in [3.05, 3.63) is 0 Å². The molecule has 0 fully saturated rings. The molecule has 0 aromatic carbocycles. The highest BCUT2D eigenvalue weighted by Gasteiger charge is 2.24. The van der Waals surface area contributed by atoms with Crippen LogP contribution in [0, 0.1) is 0 Å². The van der Waals surface area contributed by atoms with Gasteiger partial charge in [-0.3, -0.25) is 9.36 Å². The monoisotopic (exact) mass is 635 g/mol. The van der Waals surface area contributed by atoms with Gasteiger partial charge in [0.1, 0.15) is 13.2 Å². The van der Waals surface area contributed by atoms with Crippen LogP contribution < -0.4 is 10.2 Å². The van der Waals surface area contributed by atoms with Gasteiger partial charge in [0.15, 0.2) is 0 Å². The molecule has 2 N–H and O–H groups in total. The minimum Gasteiger partial charge on any atom is -0.756 e. The summed E-state index contributed by atoms with van der Waals surface area (Å²) < 4.78 is 23.0. The summed E-state index contributed by atoms with van der Waals surface area (Å²) in [7, 11) is 1.31. The lowest BCUT2D eigenvalue weighted by Gasteiger charge is -2.30. The van der Waals surface area contributed by atoms with Gasteiger partial charge >= 0.3 is 0 Å². The first kappa shape index (κ1) is 42.5. The molecular weight excluding hydrogens is 563 g/mol. The van der Waals surface area contributed by atoms with Crippen molar-refractivity contribution in [3.8, 4) is 0 Å². The van der Waals surface area contributed by atoms with E-state index in [1.54, 1.807) is 0 Å². The van der Waals surface area contributed by atoms with E-state index in [1.807, 2.05) is 21.1 Å². The first-order valence-corrected chi connectivity index (χ1v) is 19.3. The van der Waals surface area contributed by atoms with Crippen molar-refractivity contribution in [2.24, 2.45) is 0 Å². The minimum atomic E-state index is -4.54. The molecule has 0 spiro atoms. The van der Waals surface area contributed by atoms with Crippen LogP contribution in [0.3, 0.4) is 0 Å². The second-order valence-electron chi connectivity index (χ2n) is 13.6. The maximum Gasteiger partial charge on any atom is 0.268 e. The number of nitrogens with one attached hydrogen (secondary N) is 1. The van der Waals surface area contributed by atoms with Crippen molar-refractivity contribution in [1.29, 1.82) is 0 Å². The first-order chi connectivity index (χ1) is 20.5. The topological polar surface area (TPSA) is 108 Å². The number of phosphoric ester groups is 1. The molecule has 1 unspecified atom stereocenters. The standard InChI is InChI=1S/C34H71N2O6P/c1-6-8-10-12-14-15-16-17-18-19-20-22-23-25-27-33(37)32(31-42-43(39,40)41-30-29-36(3,4)5)35-34(38)28-26-24-21-13-11-9-7-2/h32-33,37H,6-31H2,1-5H3,(H-,35,38,39,40)/t32-,33+/m1/s1. The Labute approximate surface area is 266 Å². The van der Waals surface area contributed by atoms with Crippen LogP contribution in [-0.2, 0) is 18.4 Å². The largest absolute Gasteiger partial charge is 0.756 e. The van der Waals surface area contributed by atoms with Crippen molar-refractivity contribution in [3.63, 3.8) is 0 Å². The molecular formula is C34H71N2O6P. The zero-order chi connectivity index (χ0) is 32.2. The number of phosphoric acid groups is 1. The normalized spacial score (nSPS) is 14.9. The Kier molecular flexibility index (Phi) is 27.5. The van der Waals surface area contributed by atoms with Crippen molar-refractivity contribution < 1.29 is 32.9 Å². The number of rotatable bonds is 32. The van der Waals surface area contributed by atoms with Crippen LogP contribution >= 0.6 is 7.82 Å². The highest BCUT2D eigenvalue weighted by atomic mass is 31.2. The van der Waals surface area contributed by atoms with Gasteiger partial charge in [-0.15, -0.1) is 0 Å². The summed E-state index contributed by atoms with van der Waals surface area (Å²) in [6.07, 6.45) is 25.4. The molecule has 0 bridgehead atoms. The maximum absolute atomic E-state index is 12.6. The van der Waals surface area contributed by atoms with Crippen LogP contribution in [0.1, 0.15) is 162 Å². The Hall–Kier alpha value is -0.500. The van der Waals surface area contributed by atoms with Gasteiger partial charge in [-0.05, 0) is 12.8 Å². The molecule has 258 valence electrons. The summed E-state index contributed by atoms with van der Waals surface area (Å²) in [5.41, 5.74) is 0. The third-order valence-corrected chi connectivity index (χ3v) is 9.06. The number of nitrogens with zero attached hydrogens (tertiary/aromatic N) is 1. The molecule has 0 heterocycles. The van der Waals surface area contributed by atoms with Gasteiger partial charge in [0, 0.05) is 6.42 Å². The van der Waals surface area contributed by atoms with E-state index >= 15 is 0 Å². The molecule has 0 aliphatic carbocycles. The SMILES string of the molecule is CCCCCCCCCCCCCCCC[C@H](O)[C@@H](COP(=O)([O-])OCC[N+](C)(C)C)NC(=O)CCCCCCCCC. The maximum atomic E-state index is 12.6. The molecule has 0 saturated heterocycles. The Bertz CT molecular complexity index is 688. The average molecular weight is 635 g/mol. The van der Waals surface area contributed by atoms with E-state index in [0.717, 1.165) is 38.5 Å². The van der Waals surface area contributed by atoms with E-state index in [-0.39, 0.29) is 19.1 Å². The van der Waals surface area contributed by atoms with Gasteiger partial charge < -0.3 is 28.8 Å². The van der Waals surface area contributed by atoms with E-state index in [4.69, 9.17) is 9.05 Å². The number of unbranched alkanes of at least 4 members (excludes halogenated alkanes) is 19. The Morgan fingerprint density at radius 2 is 1.14 bits per heavy atom. The van der Waals surface area contributed by atoms with Gasteiger partial charge in [0.05, 0.1) is 39.9 Å². The molecule has 0 aromatic rings. The highest BCUT2D eigenvalue weighted by molar-refractivity contribution is 7.45. The second-order valence-corrected chi connectivity index (χ2v) is 15.0. The molecule has 0 rings (SSSR count). The van der Waals surface area contributed by atoms with Crippen LogP contribution in [0.25, 0.3) is 0 Å². The van der Waals surface area contributed by atoms with Gasteiger partial charge in [-0.25, -0.2) is 0 Å². The minimum absolute atomic E-state index is 0.0150. The Balaban J connectivity index is 4.43. The van der Waals surface area contributed by atoms with Crippen molar-refractivity contribution in [2.75, 3.05) is 40.9 Å². The van der Waals surface area contributed by atoms with Gasteiger partial charge in [0.25, 0.3) is 7.82 Å². The fourth-order valence-electron chi connectivity index (χ4n) is 5.16. The zero-order valence-corrected chi connectivity index (χ0v) is 29.8. The van der Waals surface area contributed by atoms with Crippen LogP contribution in [0.15, 0.2) is 0 Å². The molecule has 1 amide bonds. The average Bonchev–Trinajstić information content (AvgIpc) is 2.94. The summed E-state index contributed by atoms with van der Waals surface area (Å²) in [4.78, 5) is 25.0. The van der Waals surface area contributed by atoms with E-state index in [9.17, 15) is 19.4 Å². The van der Waals surface area contributed by atoms with Crippen LogP contribution in [-0.4, -0.2) is 68.5 Å². The molecule has 43 heavy (non-hydrogen) atoms. The predicted octanol–water partition coefficient (Wildman–Crippen LogP) is 8.05. The summed E-state index contributed by atoms with van der Waals surface area (Å²) in [5, 5.41) is 13.7. The van der Waals surface area contributed by atoms with Gasteiger partial charge in [0.2, 0.25) is 5.91 Å². The molecule has 3 atom stereocenters. The van der Waals surface area contributed by atoms with Crippen LogP contribution in [0.4, 0.5) is 0 Å². The lowest BCUT2D eigenvalue weighted by Crippen LogP contribution is -2.46. The molecule has 9 heteroatoms. The van der Waals surface area contributed by atoms with E-state index in [0.29, 0.717) is 23.9 Å². The molecule has 8 nitrogen and oxygen atoms in total. The van der Waals surface area contributed by atoms with Crippen molar-refractivity contribution in [2.45, 2.75) is 174 Å². The number of likely N-dealkylation sites (N-methyl/N-ethyl adjacent to an activating group) is 1. The van der Waals surface area contributed by atoms with Gasteiger partial charge in [-0.1, -0.05) is 142 Å². The Morgan fingerprint density at radius 3 is 1.58 bits per heavy atom. The third-order valence-electron chi connectivity index (χ3n) is 8.10. The fraction of sp³-hybridized carbons (Fsp3) is 0.971. The smallest absolute Gasteiger partial charge is 0.268 e. The summed E-state index contributed by atoms with van der Waals surface area (Å²) in [6, 6.07) is -0.789. The number of hydrogen-bond acceptors (Lipinski definition) is 6. The zero-order valence-electron chi connectivity index (χ0n) is 28.9. The molecule has 0 aliphatic rings. The number of aliphatic hydroxyl groups excluding tert-OH is 1. The third kappa shape index (κ3) is 29.9. The highest BCUT2D eigenvalue weighted by Crippen LogP contribution is 2.38. The lowest BCUT2D eigenvalue weighted by atomic mass is 10.0. The summed E-state index contributed by atoms with van der Waals surface area (Å²) >= 11 is 0. The second kappa shape index (κ2) is 27.8. The molecule has 0 aromatic heterocycles. The number of carbonyl (C=O) groups is 1. The van der Waals surface area contributed by atoms with Crippen LogP contribution in [0.2, 0.25) is 0 Å². The Morgan fingerprint density at radius 1 is 0.721 bits per heavy atom. The van der Waals surface area contributed by atoms with Crippen LogP contribution in [0.5, 0.6) is 0 Å². The van der Waals surface area contributed by atoms with Crippen molar-refractivity contribution >= 4 is 13.7 Å². The lowest BCUT2D eigenvalue weighted by molar-refractivity contribution is -0.870. The van der Waals surface area contributed by atoms with E-state index in [2.05, 4.69) is 19.2 Å². The number of aliphatic hydroxyl groups is 1. The van der Waals surface area contributed by atoms with Crippen molar-refractivity contribution in [1.82, 2.24) is 5.32 Å². The summed E-state index contributed by atoms with van der Waals surface area (Å²) in [5.74, 6) is -0.172. The summed E-state index contributed by atoms with van der Waals surface area (Å²) in [6.45, 7) is 4.65. The number of carbonyl (C=O) groups excluding carboxylic acids is 1. The predicted molar refractivity (Wildman–Crippen MR) is 178 cm³/mol.